The van der Waals surface area contributed by atoms with E-state index >= 15 is 0 Å². The van der Waals surface area contributed by atoms with Crippen molar-refractivity contribution < 1.29 is 13.5 Å². The SMILES string of the molecule is CC(F)=C(F)c1ccc(OC(C)(C)C)cc1. The lowest BCUT2D eigenvalue weighted by Crippen LogP contribution is -2.22. The molecule has 0 radical (unpaired) electrons. The third-order valence-electron chi connectivity index (χ3n) is 1.83. The molecule has 1 rings (SSSR count). The molecular formula is C13H16F2O. The first kappa shape index (κ1) is 12.7. The van der Waals surface area contributed by atoms with Crippen LogP contribution in [0.2, 0.25) is 0 Å². The highest BCUT2D eigenvalue weighted by Crippen LogP contribution is 2.24. The summed E-state index contributed by atoms with van der Waals surface area (Å²) in [7, 11) is 0. The minimum atomic E-state index is -0.831. The van der Waals surface area contributed by atoms with Gasteiger partial charge in [0.25, 0.3) is 0 Å². The number of halogens is 2. The maximum Gasteiger partial charge on any atom is 0.161 e. The fourth-order valence-corrected chi connectivity index (χ4v) is 1.22. The van der Waals surface area contributed by atoms with Crippen LogP contribution in [0.4, 0.5) is 8.78 Å². The van der Waals surface area contributed by atoms with Crippen LogP contribution >= 0.6 is 0 Å². The molecule has 0 bridgehead atoms. The van der Waals surface area contributed by atoms with Crippen LogP contribution in [0.1, 0.15) is 33.3 Å². The summed E-state index contributed by atoms with van der Waals surface area (Å²) in [6.45, 7) is 6.86. The molecular weight excluding hydrogens is 210 g/mol. The van der Waals surface area contributed by atoms with Gasteiger partial charge in [-0.05, 0) is 52.0 Å². The predicted molar refractivity (Wildman–Crippen MR) is 61.6 cm³/mol. The highest BCUT2D eigenvalue weighted by Gasteiger charge is 2.12. The number of rotatable bonds is 2. The van der Waals surface area contributed by atoms with Gasteiger partial charge in [-0.3, -0.25) is 0 Å². The molecule has 88 valence electrons. The van der Waals surface area contributed by atoms with Crippen LogP contribution in [-0.2, 0) is 0 Å². The quantitative estimate of drug-likeness (QED) is 0.721. The van der Waals surface area contributed by atoms with Gasteiger partial charge in [-0.15, -0.1) is 0 Å². The number of hydrogen-bond acceptors (Lipinski definition) is 1. The molecule has 0 saturated carbocycles. The minimum absolute atomic E-state index is 0.223. The van der Waals surface area contributed by atoms with Crippen LogP contribution in [0, 0.1) is 0 Å². The van der Waals surface area contributed by atoms with E-state index in [1.54, 1.807) is 12.1 Å². The first-order valence-corrected chi connectivity index (χ1v) is 5.11. The number of allylic oxidation sites excluding steroid dienone is 1. The van der Waals surface area contributed by atoms with E-state index in [1.165, 1.54) is 12.1 Å². The van der Waals surface area contributed by atoms with E-state index < -0.39 is 11.7 Å². The van der Waals surface area contributed by atoms with E-state index in [-0.39, 0.29) is 11.2 Å². The summed E-state index contributed by atoms with van der Waals surface area (Å²) in [6.07, 6.45) is 0. The lowest BCUT2D eigenvalue weighted by Gasteiger charge is -2.21. The standard InChI is InChI=1S/C13H16F2O/c1-9(14)12(15)10-5-7-11(8-6-10)16-13(2,3)4/h5-8H,1-4H3. The van der Waals surface area contributed by atoms with Crippen molar-refractivity contribution in [3.63, 3.8) is 0 Å². The number of hydrogen-bond donors (Lipinski definition) is 0. The van der Waals surface area contributed by atoms with Gasteiger partial charge in [-0.25, -0.2) is 8.78 Å². The monoisotopic (exact) mass is 226 g/mol. The molecule has 0 aliphatic heterocycles. The van der Waals surface area contributed by atoms with Gasteiger partial charge in [0, 0.05) is 5.56 Å². The number of ether oxygens (including phenoxy) is 1. The normalized spacial score (nSPS) is 13.4. The maximum absolute atomic E-state index is 13.2. The highest BCUT2D eigenvalue weighted by atomic mass is 19.2. The van der Waals surface area contributed by atoms with E-state index in [0.717, 1.165) is 6.92 Å². The van der Waals surface area contributed by atoms with Gasteiger partial charge in [0.2, 0.25) is 0 Å². The summed E-state index contributed by atoms with van der Waals surface area (Å²) >= 11 is 0. The fraction of sp³-hybridized carbons (Fsp3) is 0.385. The summed E-state index contributed by atoms with van der Waals surface area (Å²) in [4.78, 5) is 0. The molecule has 0 unspecified atom stereocenters. The van der Waals surface area contributed by atoms with Crippen LogP contribution in [0.25, 0.3) is 5.83 Å². The van der Waals surface area contributed by atoms with E-state index in [0.29, 0.717) is 5.75 Å². The summed E-state index contributed by atoms with van der Waals surface area (Å²) in [5.74, 6) is -1.01. The summed E-state index contributed by atoms with van der Waals surface area (Å²) in [6, 6.07) is 6.26. The maximum atomic E-state index is 13.2. The highest BCUT2D eigenvalue weighted by molar-refractivity contribution is 5.61. The number of benzene rings is 1. The van der Waals surface area contributed by atoms with Crippen molar-refractivity contribution >= 4 is 5.83 Å². The third-order valence-corrected chi connectivity index (χ3v) is 1.83. The second-order valence-electron chi connectivity index (χ2n) is 4.59. The molecule has 1 aromatic carbocycles. The van der Waals surface area contributed by atoms with Crippen LogP contribution in [0.15, 0.2) is 30.1 Å². The molecule has 0 spiro atoms. The summed E-state index contributed by atoms with van der Waals surface area (Å²) in [5, 5.41) is 0. The lowest BCUT2D eigenvalue weighted by molar-refractivity contribution is 0.131. The molecule has 0 amide bonds. The van der Waals surface area contributed by atoms with Crippen LogP contribution in [-0.4, -0.2) is 5.60 Å². The molecule has 0 saturated heterocycles. The van der Waals surface area contributed by atoms with Gasteiger partial charge in [0.15, 0.2) is 5.83 Å². The molecule has 0 N–H and O–H groups in total. The molecule has 0 heterocycles. The van der Waals surface area contributed by atoms with Gasteiger partial charge in [0.1, 0.15) is 17.2 Å². The Hall–Kier alpha value is -1.38. The van der Waals surface area contributed by atoms with Crippen molar-refractivity contribution in [2.24, 2.45) is 0 Å². The second kappa shape index (κ2) is 4.64. The third kappa shape index (κ3) is 3.65. The molecule has 0 fully saturated rings. The second-order valence-corrected chi connectivity index (χ2v) is 4.59. The molecule has 0 aliphatic carbocycles. The fourth-order valence-electron chi connectivity index (χ4n) is 1.22. The molecule has 0 aromatic heterocycles. The Kier molecular flexibility index (Phi) is 3.68. The zero-order chi connectivity index (χ0) is 12.3. The average Bonchev–Trinajstić information content (AvgIpc) is 2.15. The predicted octanol–water partition coefficient (Wildman–Crippen LogP) is 4.49. The van der Waals surface area contributed by atoms with Crippen LogP contribution in [0.5, 0.6) is 5.75 Å². The zero-order valence-electron chi connectivity index (χ0n) is 9.97. The van der Waals surface area contributed by atoms with Gasteiger partial charge in [0.05, 0.1) is 0 Å². The molecule has 0 atom stereocenters. The van der Waals surface area contributed by atoms with Crippen molar-refractivity contribution in [2.45, 2.75) is 33.3 Å². The van der Waals surface area contributed by atoms with Crippen molar-refractivity contribution in [1.29, 1.82) is 0 Å². The molecule has 1 nitrogen and oxygen atoms in total. The van der Waals surface area contributed by atoms with Crippen molar-refractivity contribution in [3.05, 3.63) is 35.7 Å². The Morgan fingerprint density at radius 1 is 1.06 bits per heavy atom. The first-order chi connectivity index (χ1) is 7.29. The Morgan fingerprint density at radius 2 is 1.56 bits per heavy atom. The van der Waals surface area contributed by atoms with E-state index in [4.69, 9.17) is 4.74 Å². The Morgan fingerprint density at radius 3 is 1.94 bits per heavy atom. The van der Waals surface area contributed by atoms with E-state index in [9.17, 15) is 8.78 Å². The van der Waals surface area contributed by atoms with E-state index in [1.807, 2.05) is 20.8 Å². The smallest absolute Gasteiger partial charge is 0.161 e. The van der Waals surface area contributed by atoms with Crippen molar-refractivity contribution in [2.75, 3.05) is 0 Å². The van der Waals surface area contributed by atoms with Gasteiger partial charge in [-0.1, -0.05) is 0 Å². The van der Waals surface area contributed by atoms with Gasteiger partial charge in [-0.2, -0.15) is 0 Å². The Bertz CT molecular complexity index is 381. The van der Waals surface area contributed by atoms with Crippen molar-refractivity contribution in [3.8, 4) is 5.75 Å². The zero-order valence-corrected chi connectivity index (χ0v) is 9.97. The Labute approximate surface area is 94.7 Å². The van der Waals surface area contributed by atoms with Gasteiger partial charge >= 0.3 is 0 Å². The lowest BCUT2D eigenvalue weighted by atomic mass is 10.1. The molecule has 1 aromatic rings. The van der Waals surface area contributed by atoms with Gasteiger partial charge < -0.3 is 4.74 Å². The summed E-state index contributed by atoms with van der Waals surface area (Å²) in [5.41, 5.74) is -0.0763. The van der Waals surface area contributed by atoms with E-state index in [2.05, 4.69) is 0 Å². The molecule has 16 heavy (non-hydrogen) atoms. The van der Waals surface area contributed by atoms with Crippen LogP contribution < -0.4 is 4.74 Å². The molecule has 0 aliphatic rings. The average molecular weight is 226 g/mol. The van der Waals surface area contributed by atoms with Crippen molar-refractivity contribution in [1.82, 2.24) is 0 Å². The largest absolute Gasteiger partial charge is 0.488 e. The Balaban J connectivity index is 2.88. The summed E-state index contributed by atoms with van der Waals surface area (Å²) < 4.78 is 31.4. The molecule has 3 heteroatoms. The van der Waals surface area contributed by atoms with Crippen LogP contribution in [0.3, 0.4) is 0 Å². The topological polar surface area (TPSA) is 9.23 Å². The minimum Gasteiger partial charge on any atom is -0.488 e. The first-order valence-electron chi connectivity index (χ1n) is 5.11.